The van der Waals surface area contributed by atoms with Crippen LogP contribution in [0.15, 0.2) is 28.9 Å². The van der Waals surface area contributed by atoms with E-state index < -0.39 is 0 Å². The Morgan fingerprint density at radius 2 is 1.78 bits per heavy atom. The van der Waals surface area contributed by atoms with Crippen molar-refractivity contribution in [1.29, 1.82) is 0 Å². The van der Waals surface area contributed by atoms with Gasteiger partial charge in [-0.2, -0.15) is 0 Å². The highest BCUT2D eigenvalue weighted by atomic mass is 16.4. The highest BCUT2D eigenvalue weighted by Gasteiger charge is 2.24. The molecule has 5 nitrogen and oxygen atoms in total. The third-order valence-corrected chi connectivity index (χ3v) is 3.49. The number of nitrogens with two attached hydrogens (primary N) is 1. The average Bonchev–Trinajstić information content (AvgIpc) is 2.90. The minimum atomic E-state index is 0.337. The van der Waals surface area contributed by atoms with E-state index in [-0.39, 0.29) is 0 Å². The molecule has 18 heavy (non-hydrogen) atoms. The van der Waals surface area contributed by atoms with E-state index in [4.69, 9.17) is 10.2 Å². The summed E-state index contributed by atoms with van der Waals surface area (Å²) in [6.07, 6.45) is 7.60. The van der Waals surface area contributed by atoms with Gasteiger partial charge in [0.2, 0.25) is 11.8 Å². The van der Waals surface area contributed by atoms with Crippen LogP contribution in [0.5, 0.6) is 0 Å². The lowest BCUT2D eigenvalue weighted by Gasteiger charge is -2.23. The zero-order valence-corrected chi connectivity index (χ0v) is 10.1. The van der Waals surface area contributed by atoms with Crippen LogP contribution in [0.25, 0.3) is 11.5 Å². The van der Waals surface area contributed by atoms with E-state index >= 15 is 0 Å². The average molecular weight is 244 g/mol. The first-order valence-corrected chi connectivity index (χ1v) is 6.32. The van der Waals surface area contributed by atoms with Crippen LogP contribution in [0.3, 0.4) is 0 Å². The van der Waals surface area contributed by atoms with Crippen molar-refractivity contribution in [3.05, 3.63) is 30.4 Å². The molecule has 0 aliphatic heterocycles. The van der Waals surface area contributed by atoms with Gasteiger partial charge in [-0.3, -0.25) is 4.98 Å². The Bertz CT molecular complexity index is 503. The molecule has 0 spiro atoms. The number of nitrogens with zero attached hydrogens (tertiary/aromatic N) is 3. The molecule has 0 aromatic carbocycles. The summed E-state index contributed by atoms with van der Waals surface area (Å²) in [5.74, 6) is 1.68. The molecule has 2 N–H and O–H groups in total. The summed E-state index contributed by atoms with van der Waals surface area (Å²) >= 11 is 0. The van der Waals surface area contributed by atoms with Gasteiger partial charge in [0.1, 0.15) is 0 Å². The third kappa shape index (κ3) is 2.26. The van der Waals surface area contributed by atoms with Gasteiger partial charge < -0.3 is 10.2 Å². The molecule has 2 aromatic rings. The topological polar surface area (TPSA) is 77.8 Å². The van der Waals surface area contributed by atoms with Crippen LogP contribution in [0.1, 0.15) is 37.5 Å². The van der Waals surface area contributed by atoms with Gasteiger partial charge in [0.25, 0.3) is 0 Å². The highest BCUT2D eigenvalue weighted by molar-refractivity contribution is 5.50. The zero-order valence-electron chi connectivity index (χ0n) is 10.1. The highest BCUT2D eigenvalue weighted by Crippen LogP contribution is 2.32. The van der Waals surface area contributed by atoms with E-state index in [9.17, 15) is 0 Å². The molecule has 0 bridgehead atoms. The van der Waals surface area contributed by atoms with Gasteiger partial charge in [-0.25, -0.2) is 0 Å². The van der Waals surface area contributed by atoms with Gasteiger partial charge in [0.15, 0.2) is 0 Å². The summed E-state index contributed by atoms with van der Waals surface area (Å²) in [4.78, 5) is 3.97. The van der Waals surface area contributed by atoms with Crippen LogP contribution in [-0.2, 0) is 0 Å². The molecular weight excluding hydrogens is 228 g/mol. The molecule has 0 unspecified atom stereocenters. The van der Waals surface area contributed by atoms with Crippen molar-refractivity contribution in [2.75, 3.05) is 0 Å². The molecule has 5 heteroatoms. The molecule has 1 aliphatic carbocycles. The first kappa shape index (κ1) is 11.3. The molecule has 1 saturated carbocycles. The molecule has 0 saturated heterocycles. The second-order valence-electron chi connectivity index (χ2n) is 4.79. The fourth-order valence-corrected chi connectivity index (χ4v) is 2.38. The lowest BCUT2D eigenvalue weighted by Crippen LogP contribution is -2.25. The number of rotatable bonds is 2. The predicted molar refractivity (Wildman–Crippen MR) is 66.7 cm³/mol. The summed E-state index contributed by atoms with van der Waals surface area (Å²) in [6, 6.07) is 4.08. The van der Waals surface area contributed by atoms with Crippen molar-refractivity contribution < 1.29 is 4.42 Å². The molecule has 2 aromatic heterocycles. The van der Waals surface area contributed by atoms with Crippen LogP contribution < -0.4 is 5.73 Å². The smallest absolute Gasteiger partial charge is 0.247 e. The molecule has 2 heterocycles. The molecule has 0 amide bonds. The van der Waals surface area contributed by atoms with E-state index in [0.29, 0.717) is 17.9 Å². The second-order valence-corrected chi connectivity index (χ2v) is 4.79. The van der Waals surface area contributed by atoms with Gasteiger partial charge in [-0.05, 0) is 37.8 Å². The molecule has 0 atom stereocenters. The Labute approximate surface area is 105 Å². The standard InChI is InChI=1S/C13H16N4O/c14-11-3-1-9(2-4-11)12-16-17-13(18-12)10-5-7-15-8-6-10/h5-9,11H,1-4,14H2. The zero-order chi connectivity index (χ0) is 12.4. The summed E-state index contributed by atoms with van der Waals surface area (Å²) in [5, 5.41) is 8.27. The maximum absolute atomic E-state index is 5.90. The van der Waals surface area contributed by atoms with Crippen LogP contribution in [-0.4, -0.2) is 21.2 Å². The van der Waals surface area contributed by atoms with Gasteiger partial charge in [-0.15, -0.1) is 10.2 Å². The molecule has 94 valence electrons. The number of pyridine rings is 1. The van der Waals surface area contributed by atoms with Crippen molar-refractivity contribution in [2.24, 2.45) is 5.73 Å². The Morgan fingerprint density at radius 3 is 2.50 bits per heavy atom. The monoisotopic (exact) mass is 244 g/mol. The largest absolute Gasteiger partial charge is 0.420 e. The summed E-state index contributed by atoms with van der Waals surface area (Å²) < 4.78 is 5.75. The normalized spacial score (nSPS) is 24.1. The number of aromatic nitrogens is 3. The molecule has 0 radical (unpaired) electrons. The Balaban J connectivity index is 1.78. The van der Waals surface area contributed by atoms with Crippen molar-refractivity contribution >= 4 is 0 Å². The lowest BCUT2D eigenvalue weighted by molar-refractivity contribution is 0.341. The van der Waals surface area contributed by atoms with Crippen LogP contribution >= 0.6 is 0 Å². The number of hydrogen-bond donors (Lipinski definition) is 1. The molecular formula is C13H16N4O. The summed E-state index contributed by atoms with van der Waals surface area (Å²) in [6.45, 7) is 0. The van der Waals surface area contributed by atoms with Crippen molar-refractivity contribution in [3.63, 3.8) is 0 Å². The Morgan fingerprint density at radius 1 is 1.06 bits per heavy atom. The van der Waals surface area contributed by atoms with E-state index in [0.717, 1.165) is 37.1 Å². The van der Waals surface area contributed by atoms with E-state index in [1.54, 1.807) is 12.4 Å². The summed E-state index contributed by atoms with van der Waals surface area (Å²) in [7, 11) is 0. The van der Waals surface area contributed by atoms with Crippen LogP contribution in [0.4, 0.5) is 0 Å². The fraction of sp³-hybridized carbons (Fsp3) is 0.462. The van der Waals surface area contributed by atoms with E-state index in [1.807, 2.05) is 12.1 Å². The minimum absolute atomic E-state index is 0.337. The Hall–Kier alpha value is -1.75. The predicted octanol–water partition coefficient (Wildman–Crippen LogP) is 2.12. The quantitative estimate of drug-likeness (QED) is 0.875. The van der Waals surface area contributed by atoms with Gasteiger partial charge in [0, 0.05) is 29.9 Å². The van der Waals surface area contributed by atoms with Gasteiger partial charge >= 0.3 is 0 Å². The van der Waals surface area contributed by atoms with Gasteiger partial charge in [-0.1, -0.05) is 0 Å². The van der Waals surface area contributed by atoms with Crippen LogP contribution in [0.2, 0.25) is 0 Å². The lowest BCUT2D eigenvalue weighted by atomic mass is 9.86. The maximum atomic E-state index is 5.90. The van der Waals surface area contributed by atoms with E-state index in [2.05, 4.69) is 15.2 Å². The van der Waals surface area contributed by atoms with Gasteiger partial charge in [0.05, 0.1) is 0 Å². The van der Waals surface area contributed by atoms with Crippen molar-refractivity contribution in [1.82, 2.24) is 15.2 Å². The van der Waals surface area contributed by atoms with Crippen molar-refractivity contribution in [2.45, 2.75) is 37.6 Å². The first-order valence-electron chi connectivity index (χ1n) is 6.32. The minimum Gasteiger partial charge on any atom is -0.420 e. The molecule has 3 rings (SSSR count). The third-order valence-electron chi connectivity index (χ3n) is 3.49. The molecule has 1 fully saturated rings. The SMILES string of the molecule is NC1CCC(c2nnc(-c3ccncc3)o2)CC1. The second kappa shape index (κ2) is 4.86. The van der Waals surface area contributed by atoms with Crippen molar-refractivity contribution in [3.8, 4) is 11.5 Å². The fourth-order valence-electron chi connectivity index (χ4n) is 2.38. The Kier molecular flexibility index (Phi) is 3.06. The molecule has 1 aliphatic rings. The maximum Gasteiger partial charge on any atom is 0.247 e. The first-order chi connectivity index (χ1) is 8.83. The number of hydrogen-bond acceptors (Lipinski definition) is 5. The van der Waals surface area contributed by atoms with E-state index in [1.165, 1.54) is 0 Å². The van der Waals surface area contributed by atoms with Crippen LogP contribution in [0, 0.1) is 0 Å². The summed E-state index contributed by atoms with van der Waals surface area (Å²) in [5.41, 5.74) is 6.81.